The second kappa shape index (κ2) is 5.06. The molecule has 1 unspecified atom stereocenters. The average Bonchev–Trinajstić information content (AvgIpc) is 2.92. The van der Waals surface area contributed by atoms with Crippen LogP contribution in [0.2, 0.25) is 0 Å². The summed E-state index contributed by atoms with van der Waals surface area (Å²) < 4.78 is 0. The van der Waals surface area contributed by atoms with Gasteiger partial charge in [-0.3, -0.25) is 0 Å². The molecule has 2 aliphatic carbocycles. The summed E-state index contributed by atoms with van der Waals surface area (Å²) in [5, 5.41) is 6.53. The highest BCUT2D eigenvalue weighted by Crippen LogP contribution is 2.57. The van der Waals surface area contributed by atoms with E-state index < -0.39 is 8.07 Å². The predicted octanol–water partition coefficient (Wildman–Crippen LogP) is 4.10. The van der Waals surface area contributed by atoms with E-state index in [1.54, 1.807) is 26.3 Å². The first-order chi connectivity index (χ1) is 11.8. The minimum Gasteiger partial charge on any atom is -0.0804 e. The first-order valence-electron chi connectivity index (χ1n) is 8.74. The Balaban J connectivity index is 1.68. The van der Waals surface area contributed by atoms with Gasteiger partial charge in [-0.05, 0) is 28.9 Å². The molecular formula is C23H20Si. The molecule has 1 atom stereocenters. The van der Waals surface area contributed by atoms with Crippen LogP contribution in [0.5, 0.6) is 0 Å². The first kappa shape index (κ1) is 14.0. The van der Waals surface area contributed by atoms with Gasteiger partial charge in [-0.25, -0.2) is 0 Å². The van der Waals surface area contributed by atoms with Gasteiger partial charge in [0.25, 0.3) is 0 Å². The van der Waals surface area contributed by atoms with Crippen molar-refractivity contribution in [3.63, 3.8) is 0 Å². The van der Waals surface area contributed by atoms with Crippen molar-refractivity contribution in [2.45, 2.75) is 13.3 Å². The van der Waals surface area contributed by atoms with Crippen molar-refractivity contribution >= 4 is 18.4 Å². The van der Waals surface area contributed by atoms with Crippen LogP contribution < -0.4 is 10.4 Å². The number of hydrogen-bond acceptors (Lipinski definition) is 0. The molecule has 0 spiro atoms. The van der Waals surface area contributed by atoms with Crippen LogP contribution >= 0.6 is 0 Å². The van der Waals surface area contributed by atoms with Gasteiger partial charge >= 0.3 is 0 Å². The number of benzene rings is 2. The molecule has 0 nitrogen and oxygen atoms in total. The van der Waals surface area contributed by atoms with Gasteiger partial charge in [-0.2, -0.15) is 0 Å². The Morgan fingerprint density at radius 3 is 2.04 bits per heavy atom. The van der Waals surface area contributed by atoms with Gasteiger partial charge in [0.2, 0.25) is 0 Å². The van der Waals surface area contributed by atoms with Gasteiger partial charge in [-0.15, -0.1) is 0 Å². The maximum atomic E-state index is 2.50. The minimum atomic E-state index is -1.85. The largest absolute Gasteiger partial charge is 0.176 e. The molecule has 0 saturated heterocycles. The molecule has 0 amide bonds. The Morgan fingerprint density at radius 1 is 0.875 bits per heavy atom. The van der Waals surface area contributed by atoms with Gasteiger partial charge in [-0.1, -0.05) is 101 Å². The van der Waals surface area contributed by atoms with E-state index >= 15 is 0 Å². The van der Waals surface area contributed by atoms with Crippen LogP contribution in [0.25, 0.3) is 0 Å². The zero-order valence-electron chi connectivity index (χ0n) is 13.9. The van der Waals surface area contributed by atoms with Crippen LogP contribution in [0, 0.1) is 5.92 Å². The summed E-state index contributed by atoms with van der Waals surface area (Å²) in [5.74, 6) is 0.530. The van der Waals surface area contributed by atoms with Gasteiger partial charge in [0.15, 0.2) is 8.07 Å². The third-order valence-electron chi connectivity index (χ3n) is 5.72. The SMILES string of the molecule is CC1=CC(C2=CC=CC2)C2=C1[Si]2(c1ccccc1)c1ccccc1. The standard InChI is InChI=1S/C23H20Si/c1-17-16-21(18-10-8-9-11-18)23-22(17)24(23,19-12-4-2-5-13-19)20-14-6-3-7-15-20/h2-10,12-16,21H,11H2,1H3. The van der Waals surface area contributed by atoms with Crippen LogP contribution in [-0.4, -0.2) is 8.07 Å². The maximum absolute atomic E-state index is 2.50. The first-order valence-corrected chi connectivity index (χ1v) is 10.7. The lowest BCUT2D eigenvalue weighted by Gasteiger charge is -2.26. The highest BCUT2D eigenvalue weighted by atomic mass is 28.3. The summed E-state index contributed by atoms with van der Waals surface area (Å²) in [6, 6.07) is 22.5. The van der Waals surface area contributed by atoms with Crippen LogP contribution in [0.3, 0.4) is 0 Å². The minimum absolute atomic E-state index is 0.530. The summed E-state index contributed by atoms with van der Waals surface area (Å²) in [4.78, 5) is 0. The number of allylic oxidation sites excluding steroid dienone is 8. The average molecular weight is 324 g/mol. The third kappa shape index (κ3) is 1.73. The van der Waals surface area contributed by atoms with E-state index in [0.29, 0.717) is 5.92 Å². The second-order valence-electron chi connectivity index (χ2n) is 6.97. The molecule has 0 aromatic heterocycles. The fourth-order valence-electron chi connectivity index (χ4n) is 4.74. The molecule has 2 aromatic rings. The molecule has 0 bridgehead atoms. The van der Waals surface area contributed by atoms with E-state index in [1.807, 2.05) is 0 Å². The summed E-state index contributed by atoms with van der Waals surface area (Å²) in [6.45, 7) is 2.32. The lowest BCUT2D eigenvalue weighted by molar-refractivity contribution is 0.929. The smallest absolute Gasteiger partial charge is 0.0804 e. The van der Waals surface area contributed by atoms with Gasteiger partial charge in [0.1, 0.15) is 0 Å². The van der Waals surface area contributed by atoms with Crippen molar-refractivity contribution in [1.82, 2.24) is 0 Å². The van der Waals surface area contributed by atoms with Crippen LogP contribution in [0.1, 0.15) is 13.3 Å². The second-order valence-corrected chi connectivity index (χ2v) is 10.7. The van der Waals surface area contributed by atoms with Gasteiger partial charge in [0, 0.05) is 5.92 Å². The van der Waals surface area contributed by atoms with E-state index in [0.717, 1.165) is 6.42 Å². The normalized spacial score (nSPS) is 23.1. The van der Waals surface area contributed by atoms with E-state index in [2.05, 4.69) is 91.9 Å². The Kier molecular flexibility index (Phi) is 2.95. The highest BCUT2D eigenvalue weighted by molar-refractivity contribution is 7.21. The predicted molar refractivity (Wildman–Crippen MR) is 104 cm³/mol. The molecule has 24 heavy (non-hydrogen) atoms. The molecule has 0 fully saturated rings. The van der Waals surface area contributed by atoms with Crippen LogP contribution in [-0.2, 0) is 0 Å². The summed E-state index contributed by atoms with van der Waals surface area (Å²) >= 11 is 0. The molecule has 0 N–H and O–H groups in total. The van der Waals surface area contributed by atoms with Crippen molar-refractivity contribution < 1.29 is 0 Å². The zero-order valence-corrected chi connectivity index (χ0v) is 14.9. The summed E-state index contributed by atoms with van der Waals surface area (Å²) in [5.41, 5.74) is 3.09. The summed E-state index contributed by atoms with van der Waals surface area (Å²) in [6.07, 6.45) is 10.4. The Morgan fingerprint density at radius 2 is 1.50 bits per heavy atom. The van der Waals surface area contributed by atoms with E-state index in [4.69, 9.17) is 0 Å². The Bertz CT molecular complexity index is 887. The number of hydrogen-bond donors (Lipinski definition) is 0. The van der Waals surface area contributed by atoms with E-state index in [-0.39, 0.29) is 0 Å². The fraction of sp³-hybridized carbons (Fsp3) is 0.130. The third-order valence-corrected chi connectivity index (χ3v) is 10.7. The molecule has 3 aliphatic rings. The molecular weight excluding hydrogens is 304 g/mol. The molecule has 0 saturated carbocycles. The summed E-state index contributed by atoms with van der Waals surface area (Å²) in [7, 11) is -1.85. The lowest BCUT2D eigenvalue weighted by Crippen LogP contribution is -2.52. The molecule has 116 valence electrons. The zero-order chi connectivity index (χ0) is 16.1. The number of rotatable bonds is 3. The van der Waals surface area contributed by atoms with Gasteiger partial charge < -0.3 is 0 Å². The molecule has 1 aliphatic heterocycles. The quantitative estimate of drug-likeness (QED) is 0.746. The van der Waals surface area contributed by atoms with Crippen LogP contribution in [0.15, 0.2) is 107 Å². The van der Waals surface area contributed by atoms with Crippen molar-refractivity contribution in [1.29, 1.82) is 0 Å². The van der Waals surface area contributed by atoms with Crippen molar-refractivity contribution in [2.24, 2.45) is 5.92 Å². The maximum Gasteiger partial charge on any atom is 0.176 e. The van der Waals surface area contributed by atoms with Crippen molar-refractivity contribution in [3.05, 3.63) is 107 Å². The van der Waals surface area contributed by atoms with Crippen molar-refractivity contribution in [3.8, 4) is 0 Å². The van der Waals surface area contributed by atoms with Crippen molar-refractivity contribution in [2.75, 3.05) is 0 Å². The molecule has 1 heteroatoms. The molecule has 5 rings (SSSR count). The van der Waals surface area contributed by atoms with E-state index in [9.17, 15) is 0 Å². The van der Waals surface area contributed by atoms with Gasteiger partial charge in [0.05, 0.1) is 0 Å². The fourth-order valence-corrected chi connectivity index (χ4v) is 10.4. The topological polar surface area (TPSA) is 0 Å². The lowest BCUT2D eigenvalue weighted by atomic mass is 10.00. The monoisotopic (exact) mass is 324 g/mol. The van der Waals surface area contributed by atoms with E-state index in [1.165, 1.54) is 5.57 Å². The van der Waals surface area contributed by atoms with Crippen LogP contribution in [0.4, 0.5) is 0 Å². The molecule has 0 radical (unpaired) electrons. The Labute approximate surface area is 144 Å². The Hall–Kier alpha value is -2.38. The molecule has 2 aromatic carbocycles. The highest BCUT2D eigenvalue weighted by Gasteiger charge is 2.62. The molecule has 1 heterocycles.